The monoisotopic (exact) mass is 517 g/mol. The van der Waals surface area contributed by atoms with E-state index in [4.69, 9.17) is 16.2 Å². The van der Waals surface area contributed by atoms with Gasteiger partial charge in [-0.05, 0) is 48.2 Å². The first-order chi connectivity index (χ1) is 15.7. The molecule has 6 N–H and O–H groups in total. The van der Waals surface area contributed by atoms with Crippen LogP contribution in [0.15, 0.2) is 61.3 Å². The predicted octanol–water partition coefficient (Wildman–Crippen LogP) is 4.95. The summed E-state index contributed by atoms with van der Waals surface area (Å²) in [5.41, 5.74) is 6.41. The number of aryl methyl sites for hydroxylation is 1. The quantitative estimate of drug-likeness (QED) is 0.0637. The van der Waals surface area contributed by atoms with E-state index >= 15 is 0 Å². The Morgan fingerprint density at radius 1 is 1.00 bits per heavy atom. The Bertz CT molecular complexity index is 1320. The highest BCUT2D eigenvalue weighted by Gasteiger charge is 2.24. The van der Waals surface area contributed by atoms with Crippen LogP contribution in [0, 0.1) is 6.92 Å². The zero-order valence-electron chi connectivity index (χ0n) is 16.4. The average molecular weight is 518 g/mol. The van der Waals surface area contributed by atoms with Gasteiger partial charge in [-0.2, -0.15) is 8.42 Å². The van der Waals surface area contributed by atoms with Crippen molar-refractivity contribution in [2.75, 3.05) is 5.73 Å². The second kappa shape index (κ2) is 10.6. The number of nitrogens with zero attached hydrogens (tertiary/aromatic N) is 2. The van der Waals surface area contributed by atoms with Gasteiger partial charge in [0.15, 0.2) is 5.75 Å². The van der Waals surface area contributed by atoms with Crippen molar-refractivity contribution >= 4 is 62.0 Å². The molecule has 0 bridgehead atoms. The van der Waals surface area contributed by atoms with E-state index in [1.807, 2.05) is 0 Å². The van der Waals surface area contributed by atoms with E-state index in [-0.39, 0.29) is 27.0 Å². The number of anilines is 1. The van der Waals surface area contributed by atoms with E-state index in [9.17, 15) is 18.1 Å². The van der Waals surface area contributed by atoms with Crippen LogP contribution in [0.25, 0.3) is 10.8 Å². The van der Waals surface area contributed by atoms with E-state index in [2.05, 4.69) is 29.0 Å². The van der Waals surface area contributed by atoms with Gasteiger partial charge >= 0.3 is 0 Å². The minimum Gasteiger partial charge on any atom is -0.505 e. The molecule has 0 unspecified atom stereocenters. The first-order valence-electron chi connectivity index (χ1n) is 8.54. The van der Waals surface area contributed by atoms with Crippen LogP contribution in [-0.2, 0) is 28.9 Å². The van der Waals surface area contributed by atoms with Crippen molar-refractivity contribution in [2.24, 2.45) is 10.2 Å². The molecule has 0 atom stereocenters. The fraction of sp³-hybridized carbons (Fsp3) is 0.0588. The number of aromatic hydroxyl groups is 1. The number of fused-ring (bicyclic) bond motifs is 1. The van der Waals surface area contributed by atoms with E-state index in [0.717, 1.165) is 11.6 Å². The lowest BCUT2D eigenvalue weighted by Gasteiger charge is -2.12. The lowest BCUT2D eigenvalue weighted by molar-refractivity contribution is -0.432. The molecule has 3 aromatic rings. The summed E-state index contributed by atoms with van der Waals surface area (Å²) in [5.74, 6) is -0.659. The molecule has 3 rings (SSSR count). The molecule has 0 amide bonds. The standard InChI is InChI=1S/C17H15N3O10S3/c1-8-2-3-12(13(4-8)32-30-28-23)19-20-16-14(33(24,25)26)6-9-5-10(31-29-27-22)7-11(18)15(9)17(16)21/h2-7,21-23H,18H2,1H3,(H,24,25,26). The zero-order valence-corrected chi connectivity index (χ0v) is 18.8. The largest absolute Gasteiger partial charge is 0.505 e. The summed E-state index contributed by atoms with van der Waals surface area (Å²) >= 11 is 1.16. The molecule has 0 heterocycles. The summed E-state index contributed by atoms with van der Waals surface area (Å²) in [6.07, 6.45) is 0. The van der Waals surface area contributed by atoms with Gasteiger partial charge < -0.3 is 10.8 Å². The molecular formula is C17H15N3O10S3. The maximum absolute atomic E-state index is 12.0. The van der Waals surface area contributed by atoms with Crippen molar-refractivity contribution in [2.45, 2.75) is 21.6 Å². The minimum atomic E-state index is -4.87. The van der Waals surface area contributed by atoms with Crippen LogP contribution < -0.4 is 5.73 Å². The number of nitrogens with two attached hydrogens (primary N) is 1. The summed E-state index contributed by atoms with van der Waals surface area (Å²) in [4.78, 5) is -0.112. The number of azo groups is 1. The third-order valence-corrected chi connectivity index (χ3v) is 6.18. The van der Waals surface area contributed by atoms with Crippen LogP contribution in [-0.4, -0.2) is 28.6 Å². The number of nitrogen functional groups attached to an aromatic ring is 1. The molecule has 0 aliphatic heterocycles. The first-order valence-corrected chi connectivity index (χ1v) is 11.5. The van der Waals surface area contributed by atoms with E-state index in [1.54, 1.807) is 19.1 Å². The van der Waals surface area contributed by atoms with Gasteiger partial charge in [-0.1, -0.05) is 16.1 Å². The summed E-state index contributed by atoms with van der Waals surface area (Å²) in [6.45, 7) is 1.78. The molecule has 0 spiro atoms. The second-order valence-corrected chi connectivity index (χ2v) is 9.19. The third kappa shape index (κ3) is 5.89. The second-order valence-electron chi connectivity index (χ2n) is 6.28. The maximum atomic E-state index is 12.0. The van der Waals surface area contributed by atoms with Crippen molar-refractivity contribution in [3.8, 4) is 5.75 Å². The number of rotatable bonds is 9. The summed E-state index contributed by atoms with van der Waals surface area (Å²) in [7, 11) is -4.87. The van der Waals surface area contributed by atoms with Crippen molar-refractivity contribution in [3.05, 3.63) is 42.0 Å². The number of phenolic OH excluding ortho intramolecular Hbond substituents is 1. The molecule has 0 aliphatic carbocycles. The van der Waals surface area contributed by atoms with Crippen LogP contribution in [0.4, 0.5) is 17.1 Å². The van der Waals surface area contributed by atoms with Gasteiger partial charge in [0, 0.05) is 16.0 Å². The zero-order chi connectivity index (χ0) is 24.2. The SMILES string of the molecule is Cc1ccc(N=Nc2c(S(=O)(=O)O)cc3cc(SOOO)cc(N)c3c2O)c(SOOO)c1. The van der Waals surface area contributed by atoms with Gasteiger partial charge in [-0.15, -0.1) is 18.9 Å². The highest BCUT2D eigenvalue weighted by atomic mass is 32.2. The number of benzene rings is 3. The fourth-order valence-corrected chi connectivity index (χ4v) is 4.46. The molecule has 33 heavy (non-hydrogen) atoms. The molecule has 0 saturated carbocycles. The van der Waals surface area contributed by atoms with Crippen LogP contribution in [0.2, 0.25) is 0 Å². The number of phenols is 1. The van der Waals surface area contributed by atoms with Gasteiger partial charge in [0.25, 0.3) is 10.1 Å². The Balaban J connectivity index is 2.18. The Hall–Kier alpha value is -2.51. The molecule has 0 aliphatic rings. The van der Waals surface area contributed by atoms with Crippen molar-refractivity contribution in [3.63, 3.8) is 0 Å². The van der Waals surface area contributed by atoms with Crippen molar-refractivity contribution in [1.29, 1.82) is 0 Å². The predicted molar refractivity (Wildman–Crippen MR) is 117 cm³/mol. The molecule has 3 aromatic carbocycles. The molecular weight excluding hydrogens is 502 g/mol. The normalized spacial score (nSPS) is 12.1. The Kier molecular flexibility index (Phi) is 8.08. The molecule has 13 nitrogen and oxygen atoms in total. The van der Waals surface area contributed by atoms with Crippen LogP contribution in [0.1, 0.15) is 5.56 Å². The highest BCUT2D eigenvalue weighted by Crippen LogP contribution is 2.45. The maximum Gasteiger partial charge on any atom is 0.296 e. The lowest BCUT2D eigenvalue weighted by Crippen LogP contribution is -2.00. The van der Waals surface area contributed by atoms with Crippen molar-refractivity contribution < 1.29 is 47.3 Å². The fourth-order valence-electron chi connectivity index (χ4n) is 2.81. The van der Waals surface area contributed by atoms with E-state index in [1.165, 1.54) is 18.2 Å². The third-order valence-electron chi connectivity index (χ3n) is 4.12. The lowest BCUT2D eigenvalue weighted by atomic mass is 10.1. The highest BCUT2D eigenvalue weighted by molar-refractivity contribution is 7.94. The van der Waals surface area contributed by atoms with Gasteiger partial charge in [0.05, 0.1) is 29.0 Å². The van der Waals surface area contributed by atoms with Gasteiger partial charge in [0.1, 0.15) is 16.3 Å². The average Bonchev–Trinajstić information content (AvgIpc) is 2.75. The molecule has 0 fully saturated rings. The Morgan fingerprint density at radius 3 is 2.36 bits per heavy atom. The summed E-state index contributed by atoms with van der Waals surface area (Å²) in [5, 5.41) is 42.5. The van der Waals surface area contributed by atoms with Gasteiger partial charge in [-0.3, -0.25) is 4.55 Å². The molecule has 16 heteroatoms. The summed E-state index contributed by atoms with van der Waals surface area (Å²) in [6, 6.07) is 8.59. The smallest absolute Gasteiger partial charge is 0.296 e. The molecule has 0 saturated heterocycles. The Labute approximate surface area is 194 Å². The number of hydrogen-bond acceptors (Lipinski definition) is 14. The van der Waals surface area contributed by atoms with Crippen LogP contribution in [0.5, 0.6) is 5.75 Å². The Morgan fingerprint density at radius 2 is 1.70 bits per heavy atom. The molecule has 176 valence electrons. The van der Waals surface area contributed by atoms with Crippen LogP contribution in [0.3, 0.4) is 0 Å². The van der Waals surface area contributed by atoms with E-state index < -0.39 is 26.5 Å². The number of hydrogen-bond donors (Lipinski definition) is 5. The van der Waals surface area contributed by atoms with Gasteiger partial charge in [0.2, 0.25) is 0 Å². The summed E-state index contributed by atoms with van der Waals surface area (Å²) < 4.78 is 42.5. The van der Waals surface area contributed by atoms with Crippen LogP contribution >= 0.6 is 24.1 Å². The van der Waals surface area contributed by atoms with Gasteiger partial charge in [-0.25, -0.2) is 10.5 Å². The van der Waals surface area contributed by atoms with Crippen molar-refractivity contribution in [1.82, 2.24) is 0 Å². The molecule has 0 aromatic heterocycles. The van der Waals surface area contributed by atoms with E-state index in [0.29, 0.717) is 29.0 Å². The molecule has 0 radical (unpaired) electrons. The first kappa shape index (κ1) is 25.1. The topological polar surface area (TPSA) is 203 Å². The minimum absolute atomic E-state index is 0.00690.